The SMILES string of the molecule is CNC(Cc1sccc1Br)c1ccc(C)c(Cl)c1. The molecule has 1 aromatic carbocycles. The zero-order chi connectivity index (χ0) is 13.1. The Labute approximate surface area is 125 Å². The van der Waals surface area contributed by atoms with Gasteiger partial charge in [0.15, 0.2) is 0 Å². The van der Waals surface area contributed by atoms with Crippen molar-refractivity contribution in [1.29, 1.82) is 0 Å². The summed E-state index contributed by atoms with van der Waals surface area (Å²) in [6, 6.07) is 8.65. The maximum Gasteiger partial charge on any atom is 0.0438 e. The lowest BCUT2D eigenvalue weighted by Crippen LogP contribution is -2.18. The third kappa shape index (κ3) is 3.15. The first kappa shape index (κ1) is 14.1. The third-order valence-electron chi connectivity index (χ3n) is 3.03. The van der Waals surface area contributed by atoms with Crippen molar-refractivity contribution in [1.82, 2.24) is 5.32 Å². The number of halogens is 2. The molecule has 2 rings (SSSR count). The van der Waals surface area contributed by atoms with E-state index in [0.29, 0.717) is 0 Å². The maximum absolute atomic E-state index is 6.19. The van der Waals surface area contributed by atoms with E-state index in [1.165, 1.54) is 14.9 Å². The first-order chi connectivity index (χ1) is 8.61. The van der Waals surface area contributed by atoms with Gasteiger partial charge in [-0.1, -0.05) is 23.7 Å². The highest BCUT2D eigenvalue weighted by Gasteiger charge is 2.13. The predicted molar refractivity (Wildman–Crippen MR) is 83.7 cm³/mol. The molecule has 0 amide bonds. The monoisotopic (exact) mass is 343 g/mol. The summed E-state index contributed by atoms with van der Waals surface area (Å²) in [4.78, 5) is 1.35. The van der Waals surface area contributed by atoms with Crippen molar-refractivity contribution in [2.24, 2.45) is 0 Å². The van der Waals surface area contributed by atoms with E-state index in [9.17, 15) is 0 Å². The molecule has 1 N–H and O–H groups in total. The number of aryl methyl sites for hydroxylation is 1. The second-order valence-corrected chi connectivity index (χ2v) is 6.51. The fourth-order valence-corrected chi connectivity index (χ4v) is 3.62. The van der Waals surface area contributed by atoms with Crippen LogP contribution in [0.15, 0.2) is 34.1 Å². The fraction of sp³-hybridized carbons (Fsp3) is 0.286. The number of benzene rings is 1. The Balaban J connectivity index is 2.23. The van der Waals surface area contributed by atoms with Crippen molar-refractivity contribution in [3.05, 3.63) is 55.1 Å². The van der Waals surface area contributed by atoms with Crippen molar-refractivity contribution in [3.63, 3.8) is 0 Å². The van der Waals surface area contributed by atoms with Crippen LogP contribution in [0.25, 0.3) is 0 Å². The van der Waals surface area contributed by atoms with Crippen LogP contribution in [-0.2, 0) is 6.42 Å². The van der Waals surface area contributed by atoms with Gasteiger partial charge in [-0.25, -0.2) is 0 Å². The van der Waals surface area contributed by atoms with Crippen LogP contribution in [0.2, 0.25) is 5.02 Å². The number of nitrogens with one attached hydrogen (secondary N) is 1. The lowest BCUT2D eigenvalue weighted by molar-refractivity contribution is 0.595. The van der Waals surface area contributed by atoms with E-state index in [1.54, 1.807) is 11.3 Å². The second kappa shape index (κ2) is 6.20. The molecule has 1 aromatic heterocycles. The van der Waals surface area contributed by atoms with Gasteiger partial charge in [0.05, 0.1) is 0 Å². The standard InChI is InChI=1S/C14H15BrClNS/c1-9-3-4-10(7-12(9)16)13(17-2)8-14-11(15)5-6-18-14/h3-7,13,17H,8H2,1-2H3. The van der Waals surface area contributed by atoms with Crippen LogP contribution in [0.5, 0.6) is 0 Å². The van der Waals surface area contributed by atoms with E-state index in [-0.39, 0.29) is 6.04 Å². The number of likely N-dealkylation sites (N-methyl/N-ethyl adjacent to an activating group) is 1. The van der Waals surface area contributed by atoms with Crippen molar-refractivity contribution in [2.75, 3.05) is 7.05 Å². The Bertz CT molecular complexity index is 538. The number of hydrogen-bond acceptors (Lipinski definition) is 2. The van der Waals surface area contributed by atoms with Crippen LogP contribution >= 0.6 is 38.9 Å². The highest BCUT2D eigenvalue weighted by molar-refractivity contribution is 9.10. The average molecular weight is 345 g/mol. The fourth-order valence-electron chi connectivity index (χ4n) is 1.87. The van der Waals surface area contributed by atoms with Crippen LogP contribution in [0.3, 0.4) is 0 Å². The topological polar surface area (TPSA) is 12.0 Å². The first-order valence-corrected chi connectivity index (χ1v) is 7.82. The Morgan fingerprint density at radius 2 is 2.17 bits per heavy atom. The molecule has 0 bridgehead atoms. The summed E-state index contributed by atoms with van der Waals surface area (Å²) in [5.74, 6) is 0. The molecule has 1 nitrogen and oxygen atoms in total. The van der Waals surface area contributed by atoms with Gasteiger partial charge in [-0.05, 0) is 58.5 Å². The molecule has 0 saturated heterocycles. The van der Waals surface area contributed by atoms with E-state index in [2.05, 4.69) is 50.9 Å². The summed E-state index contributed by atoms with van der Waals surface area (Å²) in [6.07, 6.45) is 0.966. The zero-order valence-electron chi connectivity index (χ0n) is 10.3. The van der Waals surface area contributed by atoms with E-state index >= 15 is 0 Å². The molecule has 4 heteroatoms. The van der Waals surface area contributed by atoms with E-state index in [4.69, 9.17) is 11.6 Å². The molecule has 0 aliphatic carbocycles. The Kier molecular flexibility index (Phi) is 4.84. The van der Waals surface area contributed by atoms with Crippen molar-refractivity contribution >= 4 is 38.9 Å². The molecule has 1 unspecified atom stereocenters. The normalized spacial score (nSPS) is 12.7. The van der Waals surface area contributed by atoms with Crippen molar-refractivity contribution < 1.29 is 0 Å². The summed E-state index contributed by atoms with van der Waals surface area (Å²) < 4.78 is 1.19. The molecular formula is C14H15BrClNS. The summed E-state index contributed by atoms with van der Waals surface area (Å²) in [5.41, 5.74) is 2.35. The lowest BCUT2D eigenvalue weighted by Gasteiger charge is -2.17. The molecule has 96 valence electrons. The van der Waals surface area contributed by atoms with Gasteiger partial charge in [0.1, 0.15) is 0 Å². The van der Waals surface area contributed by atoms with Crippen LogP contribution in [0.1, 0.15) is 22.0 Å². The zero-order valence-corrected chi connectivity index (χ0v) is 13.5. The molecule has 0 fully saturated rings. The minimum Gasteiger partial charge on any atom is -0.313 e. The largest absolute Gasteiger partial charge is 0.313 e. The smallest absolute Gasteiger partial charge is 0.0438 e. The van der Waals surface area contributed by atoms with Gasteiger partial charge in [-0.2, -0.15) is 0 Å². The van der Waals surface area contributed by atoms with Crippen LogP contribution in [0, 0.1) is 6.92 Å². The van der Waals surface area contributed by atoms with Gasteiger partial charge < -0.3 is 5.32 Å². The molecule has 0 saturated carbocycles. The quantitative estimate of drug-likeness (QED) is 0.825. The Hall–Kier alpha value is -0.350. The minimum atomic E-state index is 0.290. The maximum atomic E-state index is 6.19. The van der Waals surface area contributed by atoms with Gasteiger partial charge in [-0.15, -0.1) is 11.3 Å². The van der Waals surface area contributed by atoms with Crippen LogP contribution < -0.4 is 5.32 Å². The Morgan fingerprint density at radius 1 is 1.39 bits per heavy atom. The second-order valence-electron chi connectivity index (χ2n) is 4.25. The van der Waals surface area contributed by atoms with Gasteiger partial charge in [-0.3, -0.25) is 0 Å². The van der Waals surface area contributed by atoms with Crippen LogP contribution in [0.4, 0.5) is 0 Å². The first-order valence-electron chi connectivity index (χ1n) is 5.77. The minimum absolute atomic E-state index is 0.290. The highest BCUT2D eigenvalue weighted by atomic mass is 79.9. The van der Waals surface area contributed by atoms with Gasteiger partial charge in [0, 0.05) is 26.8 Å². The molecule has 0 radical (unpaired) electrons. The van der Waals surface area contributed by atoms with Crippen molar-refractivity contribution in [3.8, 4) is 0 Å². The summed E-state index contributed by atoms with van der Waals surface area (Å²) in [7, 11) is 1.99. The van der Waals surface area contributed by atoms with E-state index in [1.807, 2.05) is 14.0 Å². The van der Waals surface area contributed by atoms with Crippen LogP contribution in [-0.4, -0.2) is 7.05 Å². The molecule has 0 aliphatic rings. The molecule has 0 spiro atoms. The molecule has 1 heterocycles. The third-order valence-corrected chi connectivity index (χ3v) is 5.38. The van der Waals surface area contributed by atoms with E-state index < -0.39 is 0 Å². The number of thiophene rings is 1. The highest BCUT2D eigenvalue weighted by Crippen LogP contribution is 2.29. The average Bonchev–Trinajstić information content (AvgIpc) is 2.75. The number of rotatable bonds is 4. The number of hydrogen-bond donors (Lipinski definition) is 1. The Morgan fingerprint density at radius 3 is 2.72 bits per heavy atom. The van der Waals surface area contributed by atoms with Gasteiger partial charge >= 0.3 is 0 Å². The predicted octanol–water partition coefficient (Wildman–Crippen LogP) is 4.98. The van der Waals surface area contributed by atoms with Gasteiger partial charge in [0.25, 0.3) is 0 Å². The summed E-state index contributed by atoms with van der Waals surface area (Å²) in [6.45, 7) is 2.02. The summed E-state index contributed by atoms with van der Waals surface area (Å²) >= 11 is 11.5. The van der Waals surface area contributed by atoms with E-state index in [0.717, 1.165) is 17.0 Å². The lowest BCUT2D eigenvalue weighted by atomic mass is 10.0. The van der Waals surface area contributed by atoms with Gasteiger partial charge in [0.2, 0.25) is 0 Å². The molecular weight excluding hydrogens is 330 g/mol. The van der Waals surface area contributed by atoms with Crippen molar-refractivity contribution in [2.45, 2.75) is 19.4 Å². The summed E-state index contributed by atoms with van der Waals surface area (Å²) in [5, 5.41) is 6.29. The molecule has 1 atom stereocenters. The molecule has 0 aliphatic heterocycles. The molecule has 18 heavy (non-hydrogen) atoms. The molecule has 2 aromatic rings.